The zero-order valence-corrected chi connectivity index (χ0v) is 14.7. The second-order valence-corrected chi connectivity index (χ2v) is 6.16. The van der Waals surface area contributed by atoms with Crippen LogP contribution in [-0.2, 0) is 16.0 Å². The molecule has 0 atom stereocenters. The highest BCUT2D eigenvalue weighted by Gasteiger charge is 2.12. The van der Waals surface area contributed by atoms with E-state index in [1.807, 2.05) is 30.3 Å². The Bertz CT molecular complexity index is 1110. The van der Waals surface area contributed by atoms with Crippen molar-refractivity contribution in [3.8, 4) is 11.5 Å². The summed E-state index contributed by atoms with van der Waals surface area (Å²) in [5.74, 6) is 0.609. The predicted octanol–water partition coefficient (Wildman–Crippen LogP) is 5.62. The van der Waals surface area contributed by atoms with Gasteiger partial charge in [-0.3, -0.25) is 4.79 Å². The zero-order valence-electron chi connectivity index (χ0n) is 14.7. The second kappa shape index (κ2) is 7.11. The van der Waals surface area contributed by atoms with Gasteiger partial charge in [-0.25, -0.2) is 4.39 Å². The molecule has 4 aromatic rings. The molecule has 0 amide bonds. The van der Waals surface area contributed by atoms with E-state index in [1.54, 1.807) is 25.3 Å². The molecule has 1 heterocycles. The van der Waals surface area contributed by atoms with Crippen LogP contribution < -0.4 is 4.74 Å². The van der Waals surface area contributed by atoms with E-state index in [0.29, 0.717) is 23.7 Å². The van der Waals surface area contributed by atoms with E-state index in [0.717, 1.165) is 21.7 Å². The largest absolute Gasteiger partial charge is 0.466 e. The van der Waals surface area contributed by atoms with Crippen LogP contribution in [0.25, 0.3) is 21.7 Å². The topological polar surface area (TPSA) is 48.7 Å². The highest BCUT2D eigenvalue weighted by molar-refractivity contribution is 5.98. The summed E-state index contributed by atoms with van der Waals surface area (Å²) >= 11 is 0. The standard InChI is InChI=1S/C22H17FO4/c1-2-25-22(24)12-16-13-26-21-11-14-3-6-19(9-15(14)10-20(16)21)27-18-7-4-17(23)5-8-18/h3-11,13H,2,12H2,1H3. The summed E-state index contributed by atoms with van der Waals surface area (Å²) in [6.07, 6.45) is 1.76. The van der Waals surface area contributed by atoms with Crippen LogP contribution in [0.5, 0.6) is 11.5 Å². The molecule has 27 heavy (non-hydrogen) atoms. The van der Waals surface area contributed by atoms with Crippen molar-refractivity contribution in [1.29, 1.82) is 0 Å². The van der Waals surface area contributed by atoms with Gasteiger partial charge in [-0.2, -0.15) is 0 Å². The lowest BCUT2D eigenvalue weighted by atomic mass is 10.0. The minimum Gasteiger partial charge on any atom is -0.466 e. The van der Waals surface area contributed by atoms with E-state index in [-0.39, 0.29) is 18.2 Å². The summed E-state index contributed by atoms with van der Waals surface area (Å²) < 4.78 is 29.4. The third-order valence-electron chi connectivity index (χ3n) is 4.27. The van der Waals surface area contributed by atoms with Gasteiger partial charge < -0.3 is 13.9 Å². The molecule has 136 valence electrons. The molecular formula is C22H17FO4. The molecular weight excluding hydrogens is 347 g/mol. The Hall–Kier alpha value is -3.34. The number of hydrogen-bond acceptors (Lipinski definition) is 4. The van der Waals surface area contributed by atoms with Crippen LogP contribution in [0, 0.1) is 5.82 Å². The van der Waals surface area contributed by atoms with Gasteiger partial charge in [0.05, 0.1) is 19.3 Å². The molecule has 1 aromatic heterocycles. The molecule has 5 heteroatoms. The predicted molar refractivity (Wildman–Crippen MR) is 101 cm³/mol. The van der Waals surface area contributed by atoms with E-state index in [1.165, 1.54) is 12.1 Å². The number of fused-ring (bicyclic) bond motifs is 2. The number of ether oxygens (including phenoxy) is 2. The summed E-state index contributed by atoms with van der Waals surface area (Å²) in [5, 5.41) is 2.81. The van der Waals surface area contributed by atoms with Gasteiger partial charge in [0.15, 0.2) is 0 Å². The zero-order chi connectivity index (χ0) is 18.8. The molecule has 0 aliphatic heterocycles. The van der Waals surface area contributed by atoms with Crippen LogP contribution in [0.3, 0.4) is 0 Å². The Morgan fingerprint density at radius 2 is 1.78 bits per heavy atom. The van der Waals surface area contributed by atoms with Crippen molar-refractivity contribution in [2.75, 3.05) is 6.61 Å². The van der Waals surface area contributed by atoms with E-state index in [2.05, 4.69) is 0 Å². The van der Waals surface area contributed by atoms with Crippen LogP contribution in [0.2, 0.25) is 0 Å². The lowest BCUT2D eigenvalue weighted by molar-refractivity contribution is -0.142. The normalized spacial score (nSPS) is 11.0. The Morgan fingerprint density at radius 3 is 2.56 bits per heavy atom. The first-order chi connectivity index (χ1) is 13.1. The summed E-state index contributed by atoms with van der Waals surface area (Å²) in [6.45, 7) is 2.13. The first kappa shape index (κ1) is 17.1. The van der Waals surface area contributed by atoms with Gasteiger partial charge in [0, 0.05) is 10.9 Å². The number of carbonyl (C=O) groups excluding carboxylic acids is 1. The second-order valence-electron chi connectivity index (χ2n) is 6.16. The molecule has 0 N–H and O–H groups in total. The molecule has 0 saturated carbocycles. The average molecular weight is 364 g/mol. The molecule has 0 bridgehead atoms. The maximum atomic E-state index is 13.0. The van der Waals surface area contributed by atoms with E-state index in [4.69, 9.17) is 13.9 Å². The van der Waals surface area contributed by atoms with Crippen LogP contribution in [0.4, 0.5) is 4.39 Å². The monoisotopic (exact) mass is 364 g/mol. The van der Waals surface area contributed by atoms with Gasteiger partial charge in [-0.1, -0.05) is 6.07 Å². The number of carbonyl (C=O) groups is 1. The highest BCUT2D eigenvalue weighted by atomic mass is 19.1. The maximum Gasteiger partial charge on any atom is 0.310 e. The molecule has 0 fully saturated rings. The van der Waals surface area contributed by atoms with Crippen LogP contribution >= 0.6 is 0 Å². The maximum absolute atomic E-state index is 13.0. The summed E-state index contributed by atoms with van der Waals surface area (Å²) in [7, 11) is 0. The average Bonchev–Trinajstić information content (AvgIpc) is 3.03. The van der Waals surface area contributed by atoms with Crippen molar-refractivity contribution in [2.45, 2.75) is 13.3 Å². The van der Waals surface area contributed by atoms with E-state index in [9.17, 15) is 9.18 Å². The highest BCUT2D eigenvalue weighted by Crippen LogP contribution is 2.31. The van der Waals surface area contributed by atoms with Crippen molar-refractivity contribution in [3.63, 3.8) is 0 Å². The van der Waals surface area contributed by atoms with Crippen molar-refractivity contribution < 1.29 is 23.1 Å². The summed E-state index contributed by atoms with van der Waals surface area (Å²) in [6, 6.07) is 15.5. The van der Waals surface area contributed by atoms with Gasteiger partial charge >= 0.3 is 5.97 Å². The molecule has 4 nitrogen and oxygen atoms in total. The first-order valence-electron chi connectivity index (χ1n) is 8.65. The van der Waals surface area contributed by atoms with Crippen LogP contribution in [0.1, 0.15) is 12.5 Å². The van der Waals surface area contributed by atoms with E-state index < -0.39 is 0 Å². The third-order valence-corrected chi connectivity index (χ3v) is 4.27. The van der Waals surface area contributed by atoms with Gasteiger partial charge in [0.2, 0.25) is 0 Å². The van der Waals surface area contributed by atoms with Crippen LogP contribution in [-0.4, -0.2) is 12.6 Å². The minimum absolute atomic E-state index is 0.165. The molecule has 0 aliphatic carbocycles. The molecule has 0 radical (unpaired) electrons. The number of hydrogen-bond donors (Lipinski definition) is 0. The van der Waals surface area contributed by atoms with Gasteiger partial charge in [0.25, 0.3) is 0 Å². The van der Waals surface area contributed by atoms with Crippen molar-refractivity contribution in [3.05, 3.63) is 72.2 Å². The smallest absolute Gasteiger partial charge is 0.310 e. The Morgan fingerprint density at radius 1 is 1.00 bits per heavy atom. The number of esters is 1. The van der Waals surface area contributed by atoms with Crippen molar-refractivity contribution >= 4 is 27.7 Å². The fraction of sp³-hybridized carbons (Fsp3) is 0.136. The molecule has 0 aliphatic rings. The fourth-order valence-electron chi connectivity index (χ4n) is 3.01. The number of rotatable bonds is 5. The number of benzene rings is 3. The quantitative estimate of drug-likeness (QED) is 0.431. The van der Waals surface area contributed by atoms with Crippen molar-refractivity contribution in [1.82, 2.24) is 0 Å². The van der Waals surface area contributed by atoms with Gasteiger partial charge in [-0.05, 0) is 66.2 Å². The fourth-order valence-corrected chi connectivity index (χ4v) is 3.01. The van der Waals surface area contributed by atoms with Gasteiger partial charge in [0.1, 0.15) is 22.9 Å². The molecule has 4 rings (SSSR count). The Kier molecular flexibility index (Phi) is 4.50. The lowest BCUT2D eigenvalue weighted by Gasteiger charge is -2.07. The molecule has 3 aromatic carbocycles. The van der Waals surface area contributed by atoms with Gasteiger partial charge in [-0.15, -0.1) is 0 Å². The lowest BCUT2D eigenvalue weighted by Crippen LogP contribution is -2.06. The third kappa shape index (κ3) is 3.62. The molecule has 0 unspecified atom stereocenters. The van der Waals surface area contributed by atoms with E-state index >= 15 is 0 Å². The Labute approximate surface area is 155 Å². The first-order valence-corrected chi connectivity index (χ1v) is 8.65. The minimum atomic E-state index is -0.308. The van der Waals surface area contributed by atoms with Crippen molar-refractivity contribution in [2.24, 2.45) is 0 Å². The molecule has 0 spiro atoms. The molecule has 0 saturated heterocycles. The summed E-state index contributed by atoms with van der Waals surface area (Å²) in [5.41, 5.74) is 1.50. The number of furan rings is 1. The SMILES string of the molecule is CCOC(=O)Cc1coc2cc3ccc(Oc4ccc(F)cc4)cc3cc12. The number of halogens is 1. The summed E-state index contributed by atoms with van der Waals surface area (Å²) in [4.78, 5) is 11.8. The van der Waals surface area contributed by atoms with Crippen LogP contribution in [0.15, 0.2) is 65.3 Å². The Balaban J connectivity index is 1.68.